The van der Waals surface area contributed by atoms with Gasteiger partial charge in [-0.15, -0.1) is 0 Å². The van der Waals surface area contributed by atoms with Crippen molar-refractivity contribution in [3.8, 4) is 5.75 Å². The van der Waals surface area contributed by atoms with Crippen LogP contribution in [0, 0.1) is 12.7 Å². The number of anilines is 2. The van der Waals surface area contributed by atoms with Gasteiger partial charge in [0, 0.05) is 5.69 Å². The molecule has 25 heavy (non-hydrogen) atoms. The minimum absolute atomic E-state index is 0.0159. The molecular weight excluding hydrogens is 347 g/mol. The smallest absolute Gasteiger partial charge is 0.256 e. The van der Waals surface area contributed by atoms with Gasteiger partial charge in [-0.1, -0.05) is 17.7 Å². The highest BCUT2D eigenvalue weighted by Crippen LogP contribution is 2.32. The van der Waals surface area contributed by atoms with Gasteiger partial charge in [0.2, 0.25) is 5.91 Å². The second kappa shape index (κ2) is 6.72. The highest BCUT2D eigenvalue weighted by atomic mass is 35.5. The van der Waals surface area contributed by atoms with E-state index in [1.54, 1.807) is 31.2 Å². The summed E-state index contributed by atoms with van der Waals surface area (Å²) in [7, 11) is 1.48. The van der Waals surface area contributed by atoms with Gasteiger partial charge in [0.15, 0.2) is 0 Å². The first-order valence-electron chi connectivity index (χ1n) is 7.63. The quantitative estimate of drug-likeness (QED) is 0.845. The maximum absolute atomic E-state index is 13.7. The number of nitrogens with one attached hydrogen (secondary N) is 1. The zero-order valence-corrected chi connectivity index (χ0v) is 14.4. The molecule has 0 saturated carbocycles. The Hall–Kier alpha value is -2.60. The van der Waals surface area contributed by atoms with Crippen LogP contribution < -0.4 is 15.0 Å². The Kier molecular flexibility index (Phi) is 4.63. The number of nitrogens with zero attached hydrogens (tertiary/aromatic N) is 1. The summed E-state index contributed by atoms with van der Waals surface area (Å²) in [5.74, 6) is -0.682. The van der Waals surface area contributed by atoms with Crippen molar-refractivity contribution >= 4 is 34.8 Å². The van der Waals surface area contributed by atoms with Crippen molar-refractivity contribution in [1.29, 1.82) is 0 Å². The van der Waals surface area contributed by atoms with Gasteiger partial charge in [0.05, 0.1) is 24.2 Å². The number of rotatable bonds is 4. The van der Waals surface area contributed by atoms with E-state index in [1.165, 1.54) is 19.2 Å². The van der Waals surface area contributed by atoms with Crippen LogP contribution in [0.5, 0.6) is 5.75 Å². The van der Waals surface area contributed by atoms with Gasteiger partial charge in [-0.2, -0.15) is 0 Å². The molecule has 0 spiro atoms. The number of halogens is 2. The molecule has 3 rings (SSSR count). The summed E-state index contributed by atoms with van der Waals surface area (Å²) >= 11 is 6.07. The fourth-order valence-corrected chi connectivity index (χ4v) is 2.95. The van der Waals surface area contributed by atoms with Crippen LogP contribution in [0.2, 0.25) is 5.02 Å². The predicted molar refractivity (Wildman–Crippen MR) is 93.7 cm³/mol. The number of ether oxygens (including phenoxy) is 1. The zero-order valence-electron chi connectivity index (χ0n) is 13.7. The molecule has 7 heteroatoms. The SMILES string of the molecule is COc1ccc(N2C(=O)C[C@H](Nc3ccc(C)c(F)c3)C2=O)cc1Cl. The number of benzene rings is 2. The molecule has 2 amide bonds. The molecule has 0 aliphatic carbocycles. The number of amides is 2. The Morgan fingerprint density at radius 3 is 2.64 bits per heavy atom. The first-order chi connectivity index (χ1) is 11.9. The van der Waals surface area contributed by atoms with E-state index in [1.807, 2.05) is 0 Å². The van der Waals surface area contributed by atoms with Gasteiger partial charge in [-0.05, 0) is 42.8 Å². The van der Waals surface area contributed by atoms with E-state index in [0.717, 1.165) is 4.90 Å². The topological polar surface area (TPSA) is 58.6 Å². The summed E-state index contributed by atoms with van der Waals surface area (Å²) in [6.45, 7) is 1.65. The summed E-state index contributed by atoms with van der Waals surface area (Å²) in [4.78, 5) is 26.0. The van der Waals surface area contributed by atoms with Gasteiger partial charge in [-0.25, -0.2) is 9.29 Å². The second-order valence-corrected chi connectivity index (χ2v) is 6.16. The van der Waals surface area contributed by atoms with E-state index in [-0.39, 0.29) is 18.1 Å². The standard InChI is InChI=1S/C18H16ClFN2O3/c1-10-3-4-11(7-14(10)20)21-15-9-17(23)22(18(15)24)12-5-6-16(25-2)13(19)8-12/h3-8,15,21H,9H2,1-2H3/t15-/m0/s1. The van der Waals surface area contributed by atoms with Crippen molar-refractivity contribution in [2.24, 2.45) is 0 Å². The molecule has 1 heterocycles. The van der Waals surface area contributed by atoms with Crippen molar-refractivity contribution in [1.82, 2.24) is 0 Å². The average Bonchev–Trinajstić information content (AvgIpc) is 2.85. The molecule has 2 aromatic carbocycles. The largest absolute Gasteiger partial charge is 0.495 e. The van der Waals surface area contributed by atoms with Crippen LogP contribution in [0.3, 0.4) is 0 Å². The molecule has 1 atom stereocenters. The fourth-order valence-electron chi connectivity index (χ4n) is 2.69. The van der Waals surface area contributed by atoms with E-state index in [0.29, 0.717) is 27.7 Å². The van der Waals surface area contributed by atoms with Crippen LogP contribution in [-0.2, 0) is 9.59 Å². The highest BCUT2D eigenvalue weighted by Gasteiger charge is 2.39. The molecule has 1 saturated heterocycles. The Morgan fingerprint density at radius 2 is 2.00 bits per heavy atom. The number of hydrogen-bond donors (Lipinski definition) is 1. The molecule has 0 aromatic heterocycles. The van der Waals surface area contributed by atoms with Crippen molar-refractivity contribution in [2.45, 2.75) is 19.4 Å². The zero-order chi connectivity index (χ0) is 18.1. The molecule has 1 aliphatic heterocycles. The Balaban J connectivity index is 1.82. The predicted octanol–water partition coefficient (Wildman–Crippen LogP) is 3.54. The van der Waals surface area contributed by atoms with Gasteiger partial charge in [0.25, 0.3) is 5.91 Å². The molecule has 130 valence electrons. The summed E-state index contributed by atoms with van der Waals surface area (Å²) in [6.07, 6.45) is -0.0159. The third-order valence-corrected chi connectivity index (χ3v) is 4.35. The lowest BCUT2D eigenvalue weighted by Gasteiger charge is -2.17. The van der Waals surface area contributed by atoms with Crippen LogP contribution >= 0.6 is 11.6 Å². The number of methoxy groups -OCH3 is 1. The normalized spacial score (nSPS) is 17.1. The van der Waals surface area contributed by atoms with Gasteiger partial charge in [0.1, 0.15) is 17.6 Å². The molecular formula is C18H16ClFN2O3. The van der Waals surface area contributed by atoms with Crippen molar-refractivity contribution in [3.63, 3.8) is 0 Å². The highest BCUT2D eigenvalue weighted by molar-refractivity contribution is 6.33. The van der Waals surface area contributed by atoms with Crippen molar-refractivity contribution < 1.29 is 18.7 Å². The van der Waals surface area contributed by atoms with E-state index in [4.69, 9.17) is 16.3 Å². The summed E-state index contributed by atoms with van der Waals surface area (Å²) in [5.41, 5.74) is 1.33. The van der Waals surface area contributed by atoms with Crippen LogP contribution in [0.1, 0.15) is 12.0 Å². The maximum atomic E-state index is 13.7. The number of hydrogen-bond acceptors (Lipinski definition) is 4. The Morgan fingerprint density at radius 1 is 1.24 bits per heavy atom. The molecule has 1 fully saturated rings. The lowest BCUT2D eigenvalue weighted by molar-refractivity contribution is -0.121. The van der Waals surface area contributed by atoms with E-state index < -0.39 is 11.9 Å². The first kappa shape index (κ1) is 17.2. The van der Waals surface area contributed by atoms with Gasteiger partial charge in [-0.3, -0.25) is 9.59 Å². The lowest BCUT2D eigenvalue weighted by Crippen LogP contribution is -2.34. The van der Waals surface area contributed by atoms with Crippen LogP contribution in [0.15, 0.2) is 36.4 Å². The number of carbonyl (C=O) groups excluding carboxylic acids is 2. The number of aryl methyl sites for hydroxylation is 1. The molecule has 0 bridgehead atoms. The van der Waals surface area contributed by atoms with Gasteiger partial charge < -0.3 is 10.1 Å². The summed E-state index contributed by atoms with van der Waals surface area (Å²) < 4.78 is 18.7. The number of carbonyl (C=O) groups is 2. The van der Waals surface area contributed by atoms with E-state index in [2.05, 4.69) is 5.32 Å². The molecule has 0 unspecified atom stereocenters. The van der Waals surface area contributed by atoms with Crippen molar-refractivity contribution in [2.75, 3.05) is 17.3 Å². The van der Waals surface area contributed by atoms with Gasteiger partial charge >= 0.3 is 0 Å². The van der Waals surface area contributed by atoms with E-state index >= 15 is 0 Å². The van der Waals surface area contributed by atoms with Crippen LogP contribution in [-0.4, -0.2) is 25.0 Å². The van der Waals surface area contributed by atoms with E-state index in [9.17, 15) is 14.0 Å². The maximum Gasteiger partial charge on any atom is 0.256 e. The Labute approximate surface area is 149 Å². The lowest BCUT2D eigenvalue weighted by atomic mass is 10.2. The monoisotopic (exact) mass is 362 g/mol. The van der Waals surface area contributed by atoms with Crippen LogP contribution in [0.4, 0.5) is 15.8 Å². The molecule has 0 radical (unpaired) electrons. The summed E-state index contributed by atoms with van der Waals surface area (Å²) in [5, 5.41) is 3.22. The van der Waals surface area contributed by atoms with Crippen molar-refractivity contribution in [3.05, 3.63) is 52.8 Å². The molecule has 1 N–H and O–H groups in total. The third-order valence-electron chi connectivity index (χ3n) is 4.05. The second-order valence-electron chi connectivity index (χ2n) is 5.75. The number of imide groups is 1. The molecule has 5 nitrogen and oxygen atoms in total. The first-order valence-corrected chi connectivity index (χ1v) is 8.01. The molecule has 1 aliphatic rings. The fraction of sp³-hybridized carbons (Fsp3) is 0.222. The average molecular weight is 363 g/mol. The Bertz CT molecular complexity index is 856. The summed E-state index contributed by atoms with van der Waals surface area (Å²) in [6, 6.07) is 8.52. The molecule has 2 aromatic rings. The third kappa shape index (κ3) is 3.30. The minimum atomic E-state index is -0.754. The van der Waals surface area contributed by atoms with Crippen LogP contribution in [0.25, 0.3) is 0 Å². The minimum Gasteiger partial charge on any atom is -0.495 e.